The second-order valence-electron chi connectivity index (χ2n) is 5.70. The molecule has 0 aliphatic carbocycles. The van der Waals surface area contributed by atoms with Crippen LogP contribution in [0.3, 0.4) is 0 Å². The van der Waals surface area contributed by atoms with Crippen LogP contribution in [-0.4, -0.2) is 13.7 Å². The maximum absolute atomic E-state index is 5.29. The van der Waals surface area contributed by atoms with E-state index >= 15 is 0 Å². The summed E-state index contributed by atoms with van der Waals surface area (Å²) < 4.78 is 5.29. The number of benzene rings is 1. The highest BCUT2D eigenvalue weighted by Crippen LogP contribution is 2.26. The Hall–Kier alpha value is -1.02. The van der Waals surface area contributed by atoms with E-state index in [1.807, 2.05) is 0 Å². The molecule has 0 aliphatic rings. The average molecular weight is 263 g/mol. The Morgan fingerprint density at radius 2 is 1.95 bits per heavy atom. The summed E-state index contributed by atoms with van der Waals surface area (Å²) in [5.74, 6) is 1.70. The summed E-state index contributed by atoms with van der Waals surface area (Å²) >= 11 is 0. The molecule has 2 heteroatoms. The van der Waals surface area contributed by atoms with Gasteiger partial charge in [0.25, 0.3) is 0 Å². The molecular formula is C17H29NO. The Morgan fingerprint density at radius 3 is 2.47 bits per heavy atom. The van der Waals surface area contributed by atoms with Crippen LogP contribution in [0, 0.1) is 12.8 Å². The molecule has 0 amide bonds. The van der Waals surface area contributed by atoms with Gasteiger partial charge in [-0.2, -0.15) is 0 Å². The van der Waals surface area contributed by atoms with Gasteiger partial charge in [0.05, 0.1) is 7.11 Å². The van der Waals surface area contributed by atoms with E-state index in [2.05, 4.69) is 51.2 Å². The van der Waals surface area contributed by atoms with E-state index in [1.54, 1.807) is 7.11 Å². The summed E-state index contributed by atoms with van der Waals surface area (Å²) in [6.45, 7) is 10.0. The van der Waals surface area contributed by atoms with Gasteiger partial charge in [-0.1, -0.05) is 26.8 Å². The lowest BCUT2D eigenvalue weighted by molar-refractivity contribution is 0.412. The standard InChI is InChI=1S/C17H29NO/c1-6-11-18-17(10-7-13(2)3)16-9-8-15(19-5)12-14(16)4/h8-9,12-13,17-18H,6-7,10-11H2,1-5H3. The molecule has 0 saturated heterocycles. The molecule has 1 aromatic rings. The van der Waals surface area contributed by atoms with Crippen LogP contribution >= 0.6 is 0 Å². The predicted octanol–water partition coefficient (Wildman–Crippen LogP) is 4.48. The van der Waals surface area contributed by atoms with E-state index in [9.17, 15) is 0 Å². The highest BCUT2D eigenvalue weighted by molar-refractivity contribution is 5.36. The highest BCUT2D eigenvalue weighted by atomic mass is 16.5. The fourth-order valence-electron chi connectivity index (χ4n) is 2.35. The maximum atomic E-state index is 5.29. The fraction of sp³-hybridized carbons (Fsp3) is 0.647. The normalized spacial score (nSPS) is 12.7. The minimum atomic E-state index is 0.466. The van der Waals surface area contributed by atoms with Crippen LogP contribution in [-0.2, 0) is 0 Å². The number of nitrogens with one attached hydrogen (secondary N) is 1. The van der Waals surface area contributed by atoms with Gasteiger partial charge in [-0.3, -0.25) is 0 Å². The van der Waals surface area contributed by atoms with E-state index in [0.29, 0.717) is 6.04 Å². The van der Waals surface area contributed by atoms with Gasteiger partial charge in [0.1, 0.15) is 5.75 Å². The molecule has 1 aromatic carbocycles. The summed E-state index contributed by atoms with van der Waals surface area (Å²) in [6.07, 6.45) is 3.63. The van der Waals surface area contributed by atoms with E-state index in [4.69, 9.17) is 4.74 Å². The van der Waals surface area contributed by atoms with Crippen molar-refractivity contribution in [3.8, 4) is 5.75 Å². The quantitative estimate of drug-likeness (QED) is 0.746. The molecule has 0 radical (unpaired) electrons. The molecular weight excluding hydrogens is 234 g/mol. The van der Waals surface area contributed by atoms with Gasteiger partial charge in [-0.25, -0.2) is 0 Å². The summed E-state index contributed by atoms with van der Waals surface area (Å²) in [4.78, 5) is 0. The van der Waals surface area contributed by atoms with Crippen LogP contribution < -0.4 is 10.1 Å². The molecule has 0 aliphatic heterocycles. The van der Waals surface area contributed by atoms with Crippen molar-refractivity contribution in [3.05, 3.63) is 29.3 Å². The Bertz CT molecular complexity index is 374. The molecule has 0 bridgehead atoms. The lowest BCUT2D eigenvalue weighted by atomic mass is 9.94. The van der Waals surface area contributed by atoms with Crippen LogP contribution in [0.4, 0.5) is 0 Å². The SMILES string of the molecule is CCCNC(CCC(C)C)c1ccc(OC)cc1C. The minimum Gasteiger partial charge on any atom is -0.497 e. The van der Waals surface area contributed by atoms with Crippen molar-refractivity contribution < 1.29 is 4.74 Å². The Kier molecular flexibility index (Phi) is 6.93. The predicted molar refractivity (Wildman–Crippen MR) is 82.8 cm³/mol. The molecule has 0 saturated carbocycles. The van der Waals surface area contributed by atoms with Gasteiger partial charge in [-0.15, -0.1) is 0 Å². The first-order valence-electron chi connectivity index (χ1n) is 7.46. The topological polar surface area (TPSA) is 21.3 Å². The first-order valence-corrected chi connectivity index (χ1v) is 7.46. The monoisotopic (exact) mass is 263 g/mol. The first kappa shape index (κ1) is 16.0. The van der Waals surface area contributed by atoms with Gasteiger partial charge >= 0.3 is 0 Å². The molecule has 0 heterocycles. The van der Waals surface area contributed by atoms with Gasteiger partial charge in [0, 0.05) is 6.04 Å². The van der Waals surface area contributed by atoms with Crippen molar-refractivity contribution in [2.45, 2.75) is 53.0 Å². The van der Waals surface area contributed by atoms with Gasteiger partial charge in [0.2, 0.25) is 0 Å². The Balaban J connectivity index is 2.82. The summed E-state index contributed by atoms with van der Waals surface area (Å²) in [5, 5.41) is 3.68. The van der Waals surface area contributed by atoms with Crippen molar-refractivity contribution in [3.63, 3.8) is 0 Å². The molecule has 108 valence electrons. The summed E-state index contributed by atoms with van der Waals surface area (Å²) in [7, 11) is 1.72. The largest absolute Gasteiger partial charge is 0.497 e. The second-order valence-corrected chi connectivity index (χ2v) is 5.70. The van der Waals surface area contributed by atoms with E-state index in [1.165, 1.54) is 30.4 Å². The van der Waals surface area contributed by atoms with Crippen molar-refractivity contribution in [2.75, 3.05) is 13.7 Å². The number of rotatable bonds is 8. The third-order valence-electron chi connectivity index (χ3n) is 3.53. The molecule has 19 heavy (non-hydrogen) atoms. The van der Waals surface area contributed by atoms with Gasteiger partial charge in [-0.05, 0) is 61.9 Å². The van der Waals surface area contributed by atoms with Gasteiger partial charge in [0.15, 0.2) is 0 Å². The Labute approximate surface area is 118 Å². The van der Waals surface area contributed by atoms with E-state index in [0.717, 1.165) is 18.2 Å². The van der Waals surface area contributed by atoms with Crippen LogP contribution in [0.5, 0.6) is 5.75 Å². The van der Waals surface area contributed by atoms with Crippen molar-refractivity contribution >= 4 is 0 Å². The first-order chi connectivity index (χ1) is 9.08. The molecule has 1 rings (SSSR count). The summed E-state index contributed by atoms with van der Waals surface area (Å²) in [6, 6.07) is 6.87. The van der Waals surface area contributed by atoms with Crippen molar-refractivity contribution in [2.24, 2.45) is 5.92 Å². The highest BCUT2D eigenvalue weighted by Gasteiger charge is 2.14. The zero-order valence-electron chi connectivity index (χ0n) is 13.1. The Morgan fingerprint density at radius 1 is 1.21 bits per heavy atom. The third kappa shape index (κ3) is 5.23. The van der Waals surface area contributed by atoms with Crippen LogP contribution in [0.25, 0.3) is 0 Å². The number of aryl methyl sites for hydroxylation is 1. The minimum absolute atomic E-state index is 0.466. The number of methoxy groups -OCH3 is 1. The molecule has 0 aromatic heterocycles. The molecule has 1 unspecified atom stereocenters. The number of hydrogen-bond donors (Lipinski definition) is 1. The third-order valence-corrected chi connectivity index (χ3v) is 3.53. The number of hydrogen-bond acceptors (Lipinski definition) is 2. The zero-order valence-corrected chi connectivity index (χ0v) is 13.1. The molecule has 1 atom stereocenters. The van der Waals surface area contributed by atoms with E-state index < -0.39 is 0 Å². The van der Waals surface area contributed by atoms with Crippen LogP contribution in [0.15, 0.2) is 18.2 Å². The summed E-state index contributed by atoms with van der Waals surface area (Å²) in [5.41, 5.74) is 2.73. The van der Waals surface area contributed by atoms with Gasteiger partial charge < -0.3 is 10.1 Å². The second kappa shape index (κ2) is 8.21. The average Bonchev–Trinajstić information content (AvgIpc) is 2.39. The lowest BCUT2D eigenvalue weighted by Gasteiger charge is -2.22. The van der Waals surface area contributed by atoms with Crippen LogP contribution in [0.2, 0.25) is 0 Å². The molecule has 1 N–H and O–H groups in total. The zero-order chi connectivity index (χ0) is 14.3. The number of ether oxygens (including phenoxy) is 1. The molecule has 0 fully saturated rings. The molecule has 0 spiro atoms. The fourth-order valence-corrected chi connectivity index (χ4v) is 2.35. The maximum Gasteiger partial charge on any atom is 0.119 e. The van der Waals surface area contributed by atoms with Crippen molar-refractivity contribution in [1.82, 2.24) is 5.32 Å². The molecule has 2 nitrogen and oxygen atoms in total. The lowest BCUT2D eigenvalue weighted by Crippen LogP contribution is -2.23. The van der Waals surface area contributed by atoms with Crippen LogP contribution in [0.1, 0.15) is 57.2 Å². The van der Waals surface area contributed by atoms with E-state index in [-0.39, 0.29) is 0 Å². The smallest absolute Gasteiger partial charge is 0.119 e. The van der Waals surface area contributed by atoms with Crippen molar-refractivity contribution in [1.29, 1.82) is 0 Å².